The molecule has 2 aromatic carbocycles. The van der Waals surface area contributed by atoms with Gasteiger partial charge in [-0.05, 0) is 70.9 Å². The van der Waals surface area contributed by atoms with E-state index in [4.69, 9.17) is 15.0 Å². The van der Waals surface area contributed by atoms with E-state index in [0.717, 1.165) is 47.0 Å². The second kappa shape index (κ2) is 13.1. The van der Waals surface area contributed by atoms with Gasteiger partial charge in [-0.3, -0.25) is 9.98 Å². The number of pyridine rings is 1. The standard InChI is InChI=1S/C35H47N3/c1-11-30(37-34-26(22(3)4)16-13-17-27(34)23(5)6)32-20-15-21-33(36-32)31(12-2)38-35-28(24(7)8)18-14-19-29(35)25(9)10/h13-25H,11-12H2,1-10H3. The van der Waals surface area contributed by atoms with E-state index in [-0.39, 0.29) is 0 Å². The van der Waals surface area contributed by atoms with Gasteiger partial charge in [0.05, 0.1) is 34.2 Å². The molecule has 0 aliphatic carbocycles. The van der Waals surface area contributed by atoms with Crippen LogP contribution in [0.15, 0.2) is 64.6 Å². The molecule has 0 N–H and O–H groups in total. The Hall–Kier alpha value is -3.07. The van der Waals surface area contributed by atoms with Crippen molar-refractivity contribution in [3.8, 4) is 0 Å². The van der Waals surface area contributed by atoms with Gasteiger partial charge in [0.2, 0.25) is 0 Å². The molecule has 0 fully saturated rings. The Kier molecular flexibility index (Phi) is 10.2. The van der Waals surface area contributed by atoms with Crippen molar-refractivity contribution in [2.75, 3.05) is 0 Å². The highest BCUT2D eigenvalue weighted by Crippen LogP contribution is 2.37. The highest BCUT2D eigenvalue weighted by atomic mass is 14.8. The molecule has 3 nitrogen and oxygen atoms in total. The van der Waals surface area contributed by atoms with Crippen LogP contribution < -0.4 is 0 Å². The lowest BCUT2D eigenvalue weighted by Crippen LogP contribution is -2.09. The maximum absolute atomic E-state index is 5.29. The monoisotopic (exact) mass is 509 g/mol. The van der Waals surface area contributed by atoms with Gasteiger partial charge in [-0.1, -0.05) is 112 Å². The van der Waals surface area contributed by atoms with Gasteiger partial charge in [-0.25, -0.2) is 4.98 Å². The quantitative estimate of drug-likeness (QED) is 0.250. The highest BCUT2D eigenvalue weighted by Gasteiger charge is 2.17. The van der Waals surface area contributed by atoms with Crippen LogP contribution in [-0.2, 0) is 0 Å². The fourth-order valence-electron chi connectivity index (χ4n) is 4.94. The molecule has 0 aliphatic heterocycles. The Bertz CT molecular complexity index is 1140. The van der Waals surface area contributed by atoms with E-state index in [2.05, 4.69) is 124 Å². The molecule has 0 saturated carbocycles. The van der Waals surface area contributed by atoms with Crippen molar-refractivity contribution >= 4 is 22.8 Å². The molecule has 3 heteroatoms. The summed E-state index contributed by atoms with van der Waals surface area (Å²) in [4.78, 5) is 15.7. The van der Waals surface area contributed by atoms with Crippen molar-refractivity contribution in [2.24, 2.45) is 9.98 Å². The third-order valence-electron chi connectivity index (χ3n) is 7.19. The molecule has 0 radical (unpaired) electrons. The Morgan fingerprint density at radius 1 is 0.526 bits per heavy atom. The molecule has 0 saturated heterocycles. The minimum atomic E-state index is 0.403. The second-order valence-corrected chi connectivity index (χ2v) is 11.4. The molecule has 202 valence electrons. The molecular weight excluding hydrogens is 462 g/mol. The average Bonchev–Trinajstić information content (AvgIpc) is 2.89. The summed E-state index contributed by atoms with van der Waals surface area (Å²) in [5.41, 5.74) is 11.3. The Morgan fingerprint density at radius 2 is 0.816 bits per heavy atom. The first-order valence-electron chi connectivity index (χ1n) is 14.5. The molecular formula is C35H47N3. The maximum atomic E-state index is 5.29. The van der Waals surface area contributed by atoms with Crippen molar-refractivity contribution in [1.82, 2.24) is 4.98 Å². The number of benzene rings is 2. The third-order valence-corrected chi connectivity index (χ3v) is 7.19. The van der Waals surface area contributed by atoms with Crippen LogP contribution in [0.3, 0.4) is 0 Å². The molecule has 3 aromatic rings. The molecule has 0 atom stereocenters. The van der Waals surface area contributed by atoms with Gasteiger partial charge in [0, 0.05) is 0 Å². The predicted octanol–water partition coefficient (Wildman–Crippen LogP) is 10.6. The summed E-state index contributed by atoms with van der Waals surface area (Å²) in [6.45, 7) is 22.3. The first kappa shape index (κ1) is 29.5. The van der Waals surface area contributed by atoms with Gasteiger partial charge in [-0.15, -0.1) is 0 Å². The molecule has 0 spiro atoms. The number of aliphatic imine (C=N–C) groups is 2. The number of rotatable bonds is 10. The number of hydrogen-bond acceptors (Lipinski definition) is 3. The van der Waals surface area contributed by atoms with Crippen LogP contribution in [0.5, 0.6) is 0 Å². The van der Waals surface area contributed by atoms with Crippen LogP contribution in [0.1, 0.15) is 139 Å². The summed E-state index contributed by atoms with van der Waals surface area (Å²) in [7, 11) is 0. The molecule has 38 heavy (non-hydrogen) atoms. The molecule has 1 aromatic heterocycles. The Labute approximate surface area is 231 Å². The molecule has 0 aliphatic rings. The average molecular weight is 510 g/mol. The smallest absolute Gasteiger partial charge is 0.0852 e. The van der Waals surface area contributed by atoms with Crippen molar-refractivity contribution in [3.05, 3.63) is 88.2 Å². The summed E-state index contributed by atoms with van der Waals surface area (Å²) < 4.78 is 0. The third kappa shape index (κ3) is 6.67. The lowest BCUT2D eigenvalue weighted by molar-refractivity contribution is 0.834. The van der Waals surface area contributed by atoms with Gasteiger partial charge >= 0.3 is 0 Å². The van der Waals surface area contributed by atoms with Gasteiger partial charge in [0.1, 0.15) is 0 Å². The zero-order valence-corrected chi connectivity index (χ0v) is 25.3. The van der Waals surface area contributed by atoms with Crippen LogP contribution >= 0.6 is 0 Å². The minimum Gasteiger partial charge on any atom is -0.251 e. The normalized spacial score (nSPS) is 12.9. The summed E-state index contributed by atoms with van der Waals surface area (Å²) in [6.07, 6.45) is 1.62. The summed E-state index contributed by atoms with van der Waals surface area (Å²) in [5, 5.41) is 0. The van der Waals surface area contributed by atoms with Crippen molar-refractivity contribution in [2.45, 2.75) is 106 Å². The van der Waals surface area contributed by atoms with Crippen molar-refractivity contribution < 1.29 is 0 Å². The Morgan fingerprint density at radius 3 is 1.08 bits per heavy atom. The van der Waals surface area contributed by atoms with E-state index < -0.39 is 0 Å². The molecule has 3 rings (SSSR count). The van der Waals surface area contributed by atoms with Gasteiger partial charge in [0.25, 0.3) is 0 Å². The van der Waals surface area contributed by atoms with Crippen LogP contribution in [-0.4, -0.2) is 16.4 Å². The molecule has 1 heterocycles. The number of hydrogen-bond donors (Lipinski definition) is 0. The number of nitrogens with zero attached hydrogens (tertiary/aromatic N) is 3. The zero-order chi connectivity index (χ0) is 28.0. The van der Waals surface area contributed by atoms with E-state index >= 15 is 0 Å². The van der Waals surface area contributed by atoms with Crippen molar-refractivity contribution in [1.29, 1.82) is 0 Å². The molecule has 0 bridgehead atoms. The minimum absolute atomic E-state index is 0.403. The Balaban J connectivity index is 2.16. The summed E-state index contributed by atoms with van der Waals surface area (Å²) >= 11 is 0. The summed E-state index contributed by atoms with van der Waals surface area (Å²) in [6, 6.07) is 19.5. The van der Waals surface area contributed by atoms with E-state index in [0.29, 0.717) is 23.7 Å². The lowest BCUT2D eigenvalue weighted by Gasteiger charge is -2.18. The predicted molar refractivity (Wildman–Crippen MR) is 166 cm³/mol. The van der Waals surface area contributed by atoms with Gasteiger partial charge in [0.15, 0.2) is 0 Å². The van der Waals surface area contributed by atoms with Gasteiger partial charge < -0.3 is 0 Å². The van der Waals surface area contributed by atoms with E-state index in [1.807, 2.05) is 0 Å². The van der Waals surface area contributed by atoms with Crippen molar-refractivity contribution in [3.63, 3.8) is 0 Å². The van der Waals surface area contributed by atoms with Gasteiger partial charge in [-0.2, -0.15) is 0 Å². The van der Waals surface area contributed by atoms with E-state index in [1.54, 1.807) is 0 Å². The number of para-hydroxylation sites is 2. The number of aromatic nitrogens is 1. The van der Waals surface area contributed by atoms with Crippen LogP contribution in [0, 0.1) is 0 Å². The van der Waals surface area contributed by atoms with E-state index in [9.17, 15) is 0 Å². The zero-order valence-electron chi connectivity index (χ0n) is 25.3. The fraction of sp³-hybridized carbons (Fsp3) is 0.457. The topological polar surface area (TPSA) is 37.6 Å². The molecule has 0 unspecified atom stereocenters. The highest BCUT2D eigenvalue weighted by molar-refractivity contribution is 6.04. The SMILES string of the molecule is CCC(=Nc1c(C(C)C)cccc1C(C)C)c1cccc(C(CC)=Nc2c(C(C)C)cccc2C(C)C)n1. The summed E-state index contributed by atoms with van der Waals surface area (Å²) in [5.74, 6) is 1.61. The van der Waals surface area contributed by atoms with Crippen LogP contribution in [0.4, 0.5) is 11.4 Å². The first-order valence-corrected chi connectivity index (χ1v) is 14.5. The second-order valence-electron chi connectivity index (χ2n) is 11.4. The van der Waals surface area contributed by atoms with E-state index in [1.165, 1.54) is 22.3 Å². The van der Waals surface area contributed by atoms with Crippen LogP contribution in [0.25, 0.3) is 0 Å². The molecule has 0 amide bonds. The fourth-order valence-corrected chi connectivity index (χ4v) is 4.94. The largest absolute Gasteiger partial charge is 0.251 e. The van der Waals surface area contributed by atoms with Crippen LogP contribution in [0.2, 0.25) is 0 Å². The first-order chi connectivity index (χ1) is 18.1. The maximum Gasteiger partial charge on any atom is 0.0852 e. The lowest BCUT2D eigenvalue weighted by atomic mass is 9.92.